The molecule has 3 amide bonds. The molecule has 4 aliphatic rings. The van der Waals surface area contributed by atoms with E-state index < -0.39 is 29.6 Å². The Morgan fingerprint density at radius 3 is 2.31 bits per heavy atom. The number of nitrogens with two attached hydrogens (primary N) is 2. The number of nitrogens with one attached hydrogen (secondary N) is 3. The number of rotatable bonds is 8. The molecule has 1 atom stereocenters. The number of nitrogens with zero attached hydrogens (tertiary/aromatic N) is 2. The van der Waals surface area contributed by atoms with Gasteiger partial charge < -0.3 is 21.5 Å². The molecule has 0 unspecified atom stereocenters. The number of hydrazine groups is 1. The summed E-state index contributed by atoms with van der Waals surface area (Å²) >= 11 is 0. The molecule has 4 fully saturated rings. The molecule has 1 heterocycles. The minimum atomic E-state index is -0.985. The number of guanidine groups is 1. The van der Waals surface area contributed by atoms with Crippen molar-refractivity contribution in [3.05, 3.63) is 41.6 Å². The Kier molecular flexibility index (Phi) is 8.30. The molecule has 7 N–H and O–H groups in total. The van der Waals surface area contributed by atoms with E-state index in [2.05, 4.69) is 32.2 Å². The fourth-order valence-corrected chi connectivity index (χ4v) is 7.66. The van der Waals surface area contributed by atoms with Crippen molar-refractivity contribution in [2.75, 3.05) is 6.54 Å². The number of fused-ring (bicyclic) bond motifs is 1. The number of carbonyl (C=O) groups is 3. The van der Waals surface area contributed by atoms with E-state index in [1.807, 2.05) is 24.3 Å². The van der Waals surface area contributed by atoms with Crippen LogP contribution in [0.15, 0.2) is 35.3 Å². The van der Waals surface area contributed by atoms with E-state index in [1.54, 1.807) is 20.8 Å². The lowest BCUT2D eigenvalue weighted by Gasteiger charge is -2.57. The maximum Gasteiger partial charge on any atom is 0.408 e. The average Bonchev–Trinajstić information content (AvgIpc) is 2.90. The number of alkyl carbamates (subject to hydrolysis) is 1. The number of hydrogen-bond acceptors (Lipinski definition) is 6. The van der Waals surface area contributed by atoms with Gasteiger partial charge in [0.05, 0.1) is 5.52 Å². The standard InChI is InChI=1S/C31H43N7O4/c1-30(2,3)42-29(41)36-24(9-6-10-34-28(32)33)26(39)37-38-27(40)25-14-22(21-7-4-5-8-23(21)35-25)31-15-18-11-19(16-31)13-20(12-18)17-31/h4-5,7-8,14,18-20,24H,6,9-13,15-17H2,1-3H3,(H,36,41)(H,37,39)(H,38,40)(H4,32,33,34)/t18?,19?,20?,24-,31?/m0/s1. The van der Waals surface area contributed by atoms with Crippen molar-refractivity contribution in [1.29, 1.82) is 0 Å². The van der Waals surface area contributed by atoms with Gasteiger partial charge in [-0.1, -0.05) is 18.2 Å². The predicted octanol–water partition coefficient (Wildman–Crippen LogP) is 3.41. The lowest BCUT2D eigenvalue weighted by atomic mass is 9.48. The van der Waals surface area contributed by atoms with Crippen molar-refractivity contribution in [2.24, 2.45) is 34.2 Å². The van der Waals surface area contributed by atoms with E-state index in [9.17, 15) is 14.4 Å². The molecule has 6 rings (SSSR count). The summed E-state index contributed by atoms with van der Waals surface area (Å²) < 4.78 is 5.32. The van der Waals surface area contributed by atoms with Gasteiger partial charge in [-0.25, -0.2) is 9.78 Å². The molecule has 11 nitrogen and oxygen atoms in total. The first kappa shape index (κ1) is 29.6. The summed E-state index contributed by atoms with van der Waals surface area (Å²) in [6.45, 7) is 5.47. The second-order valence-corrected chi connectivity index (χ2v) is 13.4. The van der Waals surface area contributed by atoms with Crippen LogP contribution in [0.2, 0.25) is 0 Å². The van der Waals surface area contributed by atoms with Crippen molar-refractivity contribution in [3.8, 4) is 0 Å². The fourth-order valence-electron chi connectivity index (χ4n) is 7.66. The molecule has 0 saturated heterocycles. The van der Waals surface area contributed by atoms with Gasteiger partial charge in [-0.3, -0.25) is 25.4 Å². The Morgan fingerprint density at radius 1 is 1.05 bits per heavy atom. The molecule has 1 aromatic carbocycles. The second-order valence-electron chi connectivity index (χ2n) is 13.4. The number of amides is 3. The van der Waals surface area contributed by atoms with Crippen molar-refractivity contribution in [1.82, 2.24) is 21.2 Å². The molecule has 226 valence electrons. The van der Waals surface area contributed by atoms with Crippen LogP contribution in [0.4, 0.5) is 4.79 Å². The Morgan fingerprint density at radius 2 is 1.69 bits per heavy atom. The number of aromatic nitrogens is 1. The van der Waals surface area contributed by atoms with Crippen LogP contribution < -0.4 is 27.6 Å². The number of ether oxygens (including phenoxy) is 1. The number of para-hydroxylation sites is 1. The third-order valence-electron chi connectivity index (χ3n) is 8.81. The van der Waals surface area contributed by atoms with E-state index in [1.165, 1.54) is 24.8 Å². The summed E-state index contributed by atoms with van der Waals surface area (Å²) in [5, 5.41) is 3.68. The summed E-state index contributed by atoms with van der Waals surface area (Å²) in [6.07, 6.45) is 7.34. The van der Waals surface area contributed by atoms with E-state index >= 15 is 0 Å². The van der Waals surface area contributed by atoms with Gasteiger partial charge in [0.1, 0.15) is 17.3 Å². The summed E-state index contributed by atoms with van der Waals surface area (Å²) in [5.74, 6) is 1.08. The zero-order chi connectivity index (χ0) is 30.1. The molecule has 2 aromatic rings. The van der Waals surface area contributed by atoms with Gasteiger partial charge in [0.25, 0.3) is 11.8 Å². The highest BCUT2D eigenvalue weighted by molar-refractivity contribution is 5.97. The van der Waals surface area contributed by atoms with E-state index in [-0.39, 0.29) is 30.0 Å². The van der Waals surface area contributed by atoms with Gasteiger partial charge in [-0.2, -0.15) is 0 Å². The zero-order valence-corrected chi connectivity index (χ0v) is 24.7. The van der Waals surface area contributed by atoms with Crippen LogP contribution in [0, 0.1) is 17.8 Å². The maximum atomic E-state index is 13.4. The summed E-state index contributed by atoms with van der Waals surface area (Å²) in [5.41, 5.74) is 17.3. The van der Waals surface area contributed by atoms with Crippen LogP contribution in [0.5, 0.6) is 0 Å². The first-order chi connectivity index (χ1) is 19.9. The van der Waals surface area contributed by atoms with Crippen molar-refractivity contribution in [3.63, 3.8) is 0 Å². The lowest BCUT2D eigenvalue weighted by Crippen LogP contribution is -2.53. The van der Waals surface area contributed by atoms with Gasteiger partial charge in [0.2, 0.25) is 0 Å². The number of aliphatic imine (C=N–C) groups is 1. The second kappa shape index (κ2) is 11.8. The van der Waals surface area contributed by atoms with E-state index in [0.29, 0.717) is 6.42 Å². The molecular weight excluding hydrogens is 534 g/mol. The minimum Gasteiger partial charge on any atom is -0.444 e. The number of carbonyl (C=O) groups excluding carboxylic acids is 3. The van der Waals surface area contributed by atoms with Gasteiger partial charge in [-0.15, -0.1) is 0 Å². The normalized spacial score (nSPS) is 25.0. The highest BCUT2D eigenvalue weighted by Gasteiger charge is 2.52. The number of hydrogen-bond donors (Lipinski definition) is 5. The molecule has 1 aromatic heterocycles. The molecule has 0 aliphatic heterocycles. The Bertz CT molecular complexity index is 1340. The van der Waals surface area contributed by atoms with Gasteiger partial charge >= 0.3 is 6.09 Å². The van der Waals surface area contributed by atoms with Crippen molar-refractivity contribution < 1.29 is 19.1 Å². The van der Waals surface area contributed by atoms with Crippen LogP contribution in [0.1, 0.15) is 88.2 Å². The highest BCUT2D eigenvalue weighted by atomic mass is 16.6. The predicted molar refractivity (Wildman–Crippen MR) is 160 cm³/mol. The monoisotopic (exact) mass is 577 g/mol. The Hall–Kier alpha value is -3.89. The van der Waals surface area contributed by atoms with E-state index in [4.69, 9.17) is 16.2 Å². The molecule has 11 heteroatoms. The smallest absolute Gasteiger partial charge is 0.408 e. The summed E-state index contributed by atoms with van der Waals surface area (Å²) in [4.78, 5) is 47.5. The fraction of sp³-hybridized carbons (Fsp3) is 0.581. The van der Waals surface area contributed by atoms with Crippen molar-refractivity contribution in [2.45, 2.75) is 89.2 Å². The number of benzene rings is 1. The van der Waals surface area contributed by atoms with Gasteiger partial charge in [0, 0.05) is 11.9 Å². The molecule has 0 spiro atoms. The molecule has 4 aliphatic carbocycles. The van der Waals surface area contributed by atoms with Crippen LogP contribution in [0.3, 0.4) is 0 Å². The molecular formula is C31H43N7O4. The topological polar surface area (TPSA) is 174 Å². The molecule has 4 bridgehead atoms. The molecule has 42 heavy (non-hydrogen) atoms. The van der Waals surface area contributed by atoms with Crippen LogP contribution in [-0.2, 0) is 14.9 Å². The maximum absolute atomic E-state index is 13.4. The largest absolute Gasteiger partial charge is 0.444 e. The van der Waals surface area contributed by atoms with Crippen molar-refractivity contribution >= 4 is 34.8 Å². The summed E-state index contributed by atoms with van der Waals surface area (Å²) in [7, 11) is 0. The van der Waals surface area contributed by atoms with Crippen LogP contribution in [0.25, 0.3) is 10.9 Å². The third-order valence-corrected chi connectivity index (χ3v) is 8.81. The zero-order valence-electron chi connectivity index (χ0n) is 24.7. The Balaban J connectivity index is 1.32. The summed E-state index contributed by atoms with van der Waals surface area (Å²) in [6, 6.07) is 8.95. The molecule has 4 saturated carbocycles. The minimum absolute atomic E-state index is 0.0563. The molecule has 0 radical (unpaired) electrons. The quantitative estimate of drug-likeness (QED) is 0.138. The highest BCUT2D eigenvalue weighted by Crippen LogP contribution is 2.61. The lowest BCUT2D eigenvalue weighted by molar-refractivity contribution is -0.124. The van der Waals surface area contributed by atoms with E-state index in [0.717, 1.165) is 47.9 Å². The first-order valence-electron chi connectivity index (χ1n) is 15.0. The number of pyridine rings is 1. The van der Waals surface area contributed by atoms with Gasteiger partial charge in [0.15, 0.2) is 5.96 Å². The van der Waals surface area contributed by atoms with Crippen LogP contribution >= 0.6 is 0 Å². The Labute approximate surface area is 246 Å². The van der Waals surface area contributed by atoms with Gasteiger partial charge in [-0.05, 0) is 113 Å². The third kappa shape index (κ3) is 6.77. The SMILES string of the molecule is CC(C)(C)OC(=O)N[C@@H](CCCN=C(N)N)C(=O)NNC(=O)c1cc(C23CC4CC(CC(C4)C2)C3)c2ccccc2n1. The van der Waals surface area contributed by atoms with Crippen LogP contribution in [-0.4, -0.2) is 47.0 Å². The first-order valence-corrected chi connectivity index (χ1v) is 15.0. The average molecular weight is 578 g/mol.